The Labute approximate surface area is 84.6 Å². The van der Waals surface area contributed by atoms with Crippen LogP contribution in [0.5, 0.6) is 0 Å². The number of aliphatic hydroxyl groups is 1. The molecule has 2 heteroatoms. The molecule has 0 aliphatic rings. The Kier molecular flexibility index (Phi) is 3.64. The van der Waals surface area contributed by atoms with Crippen LogP contribution in [0.3, 0.4) is 0 Å². The van der Waals surface area contributed by atoms with E-state index in [9.17, 15) is 9.50 Å². The Balaban J connectivity index is 2.80. The molecular formula is C12H17FO. The second kappa shape index (κ2) is 4.56. The van der Waals surface area contributed by atoms with Gasteiger partial charge in [-0.2, -0.15) is 0 Å². The number of halogens is 1. The van der Waals surface area contributed by atoms with E-state index in [1.54, 1.807) is 19.1 Å². The van der Waals surface area contributed by atoms with E-state index < -0.39 is 6.10 Å². The van der Waals surface area contributed by atoms with Crippen molar-refractivity contribution in [2.24, 2.45) is 5.92 Å². The van der Waals surface area contributed by atoms with E-state index in [1.165, 1.54) is 6.07 Å². The lowest BCUT2D eigenvalue weighted by Crippen LogP contribution is -2.02. The summed E-state index contributed by atoms with van der Waals surface area (Å²) in [5, 5.41) is 9.74. The average molecular weight is 196 g/mol. The zero-order valence-corrected chi connectivity index (χ0v) is 8.92. The van der Waals surface area contributed by atoms with Gasteiger partial charge in [0.2, 0.25) is 0 Å². The minimum atomic E-state index is -0.551. The molecule has 0 aliphatic heterocycles. The highest BCUT2D eigenvalue weighted by molar-refractivity contribution is 5.24. The Hall–Kier alpha value is -0.890. The number of hydrogen-bond acceptors (Lipinski definition) is 1. The predicted molar refractivity (Wildman–Crippen MR) is 55.6 cm³/mol. The minimum Gasteiger partial charge on any atom is -0.388 e. The van der Waals surface area contributed by atoms with Gasteiger partial charge in [0, 0.05) is 0 Å². The molecule has 1 aromatic rings. The van der Waals surface area contributed by atoms with Gasteiger partial charge in [0.25, 0.3) is 0 Å². The Morgan fingerprint density at radius 3 is 2.50 bits per heavy atom. The van der Waals surface area contributed by atoms with E-state index in [2.05, 4.69) is 0 Å². The second-order valence-electron chi connectivity index (χ2n) is 4.15. The fourth-order valence-corrected chi connectivity index (χ4v) is 1.40. The monoisotopic (exact) mass is 196 g/mol. The fraction of sp³-hybridized carbons (Fsp3) is 0.500. The van der Waals surface area contributed by atoms with Gasteiger partial charge in [-0.25, -0.2) is 4.39 Å². The molecule has 78 valence electrons. The number of rotatable bonds is 3. The van der Waals surface area contributed by atoms with Gasteiger partial charge in [0.15, 0.2) is 0 Å². The number of aryl methyl sites for hydroxylation is 1. The normalized spacial score (nSPS) is 13.3. The van der Waals surface area contributed by atoms with E-state index >= 15 is 0 Å². The molecule has 1 atom stereocenters. The lowest BCUT2D eigenvalue weighted by atomic mass is 9.99. The maximum atomic E-state index is 13.2. The molecule has 0 heterocycles. The van der Waals surface area contributed by atoms with E-state index in [-0.39, 0.29) is 5.82 Å². The van der Waals surface area contributed by atoms with Crippen LogP contribution in [-0.4, -0.2) is 5.11 Å². The predicted octanol–water partition coefficient (Wildman–Crippen LogP) is 3.21. The van der Waals surface area contributed by atoms with Crippen molar-refractivity contribution in [3.63, 3.8) is 0 Å². The molecular weight excluding hydrogens is 179 g/mol. The lowest BCUT2D eigenvalue weighted by molar-refractivity contribution is 0.150. The van der Waals surface area contributed by atoms with Crippen LogP contribution in [-0.2, 0) is 0 Å². The summed E-state index contributed by atoms with van der Waals surface area (Å²) in [5.41, 5.74) is 1.28. The largest absolute Gasteiger partial charge is 0.388 e. The van der Waals surface area contributed by atoms with Gasteiger partial charge in [-0.05, 0) is 36.5 Å². The van der Waals surface area contributed by atoms with E-state index in [1.807, 2.05) is 13.8 Å². The molecule has 0 saturated heterocycles. The first-order valence-corrected chi connectivity index (χ1v) is 4.95. The third-order valence-electron chi connectivity index (χ3n) is 2.28. The van der Waals surface area contributed by atoms with Gasteiger partial charge >= 0.3 is 0 Å². The molecule has 14 heavy (non-hydrogen) atoms. The van der Waals surface area contributed by atoms with Gasteiger partial charge < -0.3 is 5.11 Å². The van der Waals surface area contributed by atoms with Crippen LogP contribution in [0.4, 0.5) is 4.39 Å². The van der Waals surface area contributed by atoms with Crippen molar-refractivity contribution < 1.29 is 9.50 Å². The lowest BCUT2D eigenvalue weighted by Gasteiger charge is -2.13. The standard InChI is InChI=1S/C12H17FO/c1-8(2)6-12(14)10-5-4-9(3)11(13)7-10/h4-5,7-8,12,14H,6H2,1-3H3. The van der Waals surface area contributed by atoms with Crippen molar-refractivity contribution in [1.82, 2.24) is 0 Å². The third-order valence-corrected chi connectivity index (χ3v) is 2.28. The van der Waals surface area contributed by atoms with Crippen LogP contribution in [0.1, 0.15) is 37.5 Å². The molecule has 0 saturated carbocycles. The van der Waals surface area contributed by atoms with Crippen LogP contribution in [0.2, 0.25) is 0 Å². The molecule has 1 N–H and O–H groups in total. The van der Waals surface area contributed by atoms with Crippen molar-refractivity contribution >= 4 is 0 Å². The highest BCUT2D eigenvalue weighted by Gasteiger charge is 2.10. The van der Waals surface area contributed by atoms with Crippen molar-refractivity contribution in [2.75, 3.05) is 0 Å². The maximum absolute atomic E-state index is 13.2. The molecule has 0 aliphatic carbocycles. The van der Waals surface area contributed by atoms with Crippen LogP contribution < -0.4 is 0 Å². The smallest absolute Gasteiger partial charge is 0.126 e. The number of benzene rings is 1. The molecule has 1 nitrogen and oxygen atoms in total. The summed E-state index contributed by atoms with van der Waals surface area (Å²) < 4.78 is 13.2. The summed E-state index contributed by atoms with van der Waals surface area (Å²) in [6.07, 6.45) is 0.118. The first kappa shape index (κ1) is 11.2. The molecule has 0 aromatic heterocycles. The zero-order valence-electron chi connectivity index (χ0n) is 8.92. The van der Waals surface area contributed by atoms with E-state index in [0.717, 1.165) is 0 Å². The second-order valence-corrected chi connectivity index (χ2v) is 4.15. The van der Waals surface area contributed by atoms with Gasteiger partial charge in [-0.1, -0.05) is 26.0 Å². The quantitative estimate of drug-likeness (QED) is 0.787. The summed E-state index contributed by atoms with van der Waals surface area (Å²) >= 11 is 0. The molecule has 0 amide bonds. The van der Waals surface area contributed by atoms with Crippen LogP contribution in [0, 0.1) is 18.7 Å². The Morgan fingerprint density at radius 1 is 1.36 bits per heavy atom. The average Bonchev–Trinajstić information content (AvgIpc) is 2.08. The molecule has 0 fully saturated rings. The van der Waals surface area contributed by atoms with E-state index in [0.29, 0.717) is 23.5 Å². The van der Waals surface area contributed by atoms with Crippen molar-refractivity contribution in [3.05, 3.63) is 35.1 Å². The summed E-state index contributed by atoms with van der Waals surface area (Å²) in [6.45, 7) is 5.79. The highest BCUT2D eigenvalue weighted by atomic mass is 19.1. The molecule has 1 aromatic carbocycles. The molecule has 0 bridgehead atoms. The molecule has 0 radical (unpaired) electrons. The van der Waals surface area contributed by atoms with Crippen molar-refractivity contribution in [3.8, 4) is 0 Å². The Morgan fingerprint density at radius 2 is 2.00 bits per heavy atom. The summed E-state index contributed by atoms with van der Waals surface area (Å²) in [5.74, 6) is 0.166. The van der Waals surface area contributed by atoms with Crippen molar-refractivity contribution in [1.29, 1.82) is 0 Å². The van der Waals surface area contributed by atoms with Gasteiger partial charge in [-0.3, -0.25) is 0 Å². The maximum Gasteiger partial charge on any atom is 0.126 e. The molecule has 1 unspecified atom stereocenters. The SMILES string of the molecule is Cc1ccc(C(O)CC(C)C)cc1F. The van der Waals surface area contributed by atoms with Gasteiger partial charge in [0.1, 0.15) is 5.82 Å². The van der Waals surface area contributed by atoms with E-state index in [4.69, 9.17) is 0 Å². The van der Waals surface area contributed by atoms with Crippen LogP contribution in [0.25, 0.3) is 0 Å². The van der Waals surface area contributed by atoms with Crippen molar-refractivity contribution in [2.45, 2.75) is 33.3 Å². The first-order chi connectivity index (χ1) is 6.50. The number of aliphatic hydroxyl groups excluding tert-OH is 1. The van der Waals surface area contributed by atoms with Crippen LogP contribution in [0.15, 0.2) is 18.2 Å². The first-order valence-electron chi connectivity index (χ1n) is 4.95. The minimum absolute atomic E-state index is 0.245. The summed E-state index contributed by atoms with van der Waals surface area (Å²) in [6, 6.07) is 4.90. The topological polar surface area (TPSA) is 20.2 Å². The van der Waals surface area contributed by atoms with Gasteiger partial charge in [0.05, 0.1) is 6.10 Å². The number of hydrogen-bond donors (Lipinski definition) is 1. The fourth-order valence-electron chi connectivity index (χ4n) is 1.40. The van der Waals surface area contributed by atoms with Crippen LogP contribution >= 0.6 is 0 Å². The summed E-state index contributed by atoms with van der Waals surface area (Å²) in [7, 11) is 0. The molecule has 1 rings (SSSR count). The molecule has 0 spiro atoms. The Bertz CT molecular complexity index is 307. The summed E-state index contributed by atoms with van der Waals surface area (Å²) in [4.78, 5) is 0. The van der Waals surface area contributed by atoms with Gasteiger partial charge in [-0.15, -0.1) is 0 Å². The highest BCUT2D eigenvalue weighted by Crippen LogP contribution is 2.22. The third kappa shape index (κ3) is 2.81. The zero-order chi connectivity index (χ0) is 10.7.